The zero-order valence-electron chi connectivity index (χ0n) is 13.6. The molecule has 2 heterocycles. The Labute approximate surface area is 155 Å². The Morgan fingerprint density at radius 3 is 2.76 bits per heavy atom. The average molecular weight is 378 g/mol. The van der Waals surface area contributed by atoms with Crippen LogP contribution in [0.4, 0.5) is 5.69 Å². The van der Waals surface area contributed by atoms with Crippen LogP contribution in [0.25, 0.3) is 0 Å². The minimum absolute atomic E-state index is 0.233. The van der Waals surface area contributed by atoms with Crippen LogP contribution in [0.3, 0.4) is 0 Å². The number of benzene rings is 1. The van der Waals surface area contributed by atoms with E-state index in [1.165, 1.54) is 0 Å². The summed E-state index contributed by atoms with van der Waals surface area (Å²) in [6, 6.07) is 9.60. The van der Waals surface area contributed by atoms with E-state index in [4.69, 9.17) is 23.2 Å². The van der Waals surface area contributed by atoms with E-state index in [-0.39, 0.29) is 11.8 Å². The molecular weight excluding hydrogens is 361 g/mol. The van der Waals surface area contributed by atoms with Gasteiger partial charge in [-0.25, -0.2) is 4.98 Å². The molecule has 1 atom stereocenters. The van der Waals surface area contributed by atoms with E-state index in [0.717, 1.165) is 12.1 Å². The van der Waals surface area contributed by atoms with Crippen LogP contribution >= 0.6 is 23.2 Å². The molecule has 0 radical (unpaired) electrons. The number of aromatic nitrogens is 1. The number of nitrogens with zero attached hydrogens (tertiary/aromatic N) is 2. The molecule has 3 rings (SSSR count). The molecule has 130 valence electrons. The van der Waals surface area contributed by atoms with Crippen LogP contribution in [0.1, 0.15) is 29.0 Å². The maximum atomic E-state index is 12.7. The largest absolute Gasteiger partial charge is 0.325 e. The molecule has 7 heteroatoms. The maximum absolute atomic E-state index is 12.7. The van der Waals surface area contributed by atoms with Crippen LogP contribution in [-0.4, -0.2) is 34.3 Å². The first-order valence-electron chi connectivity index (χ1n) is 7.96. The number of hydrogen-bond donors (Lipinski definition) is 1. The lowest BCUT2D eigenvalue weighted by atomic mass is 10.2. The normalized spacial score (nSPS) is 16.8. The Morgan fingerprint density at radius 1 is 1.24 bits per heavy atom. The first-order valence-corrected chi connectivity index (χ1v) is 8.72. The number of likely N-dealkylation sites (tertiary alicyclic amines) is 1. The molecule has 0 aliphatic carbocycles. The van der Waals surface area contributed by atoms with Crippen molar-refractivity contribution in [2.45, 2.75) is 25.8 Å². The van der Waals surface area contributed by atoms with Crippen LogP contribution in [-0.2, 0) is 4.79 Å². The van der Waals surface area contributed by atoms with Crippen molar-refractivity contribution in [2.75, 3.05) is 11.9 Å². The molecule has 0 unspecified atom stereocenters. The van der Waals surface area contributed by atoms with Crippen LogP contribution in [0.15, 0.2) is 36.4 Å². The van der Waals surface area contributed by atoms with Gasteiger partial charge >= 0.3 is 0 Å². The highest BCUT2D eigenvalue weighted by Gasteiger charge is 2.35. The van der Waals surface area contributed by atoms with Gasteiger partial charge in [0.25, 0.3) is 5.91 Å². The summed E-state index contributed by atoms with van der Waals surface area (Å²) >= 11 is 12.0. The van der Waals surface area contributed by atoms with Crippen molar-refractivity contribution in [2.24, 2.45) is 0 Å². The third-order valence-corrected chi connectivity index (χ3v) is 4.66. The third-order valence-electron chi connectivity index (χ3n) is 4.11. The number of hydrogen-bond acceptors (Lipinski definition) is 3. The molecular formula is C18H17Cl2N3O2. The van der Waals surface area contributed by atoms with Gasteiger partial charge in [0.1, 0.15) is 11.7 Å². The average Bonchev–Trinajstić information content (AvgIpc) is 3.06. The minimum Gasteiger partial charge on any atom is -0.325 e. The standard InChI is InChI=1S/C18H17Cl2N3O2/c1-11-4-2-5-15(21-11)18(25)23-9-3-6-16(23)17(24)22-14-8-7-12(19)10-13(14)20/h2,4-5,7-8,10,16H,3,6,9H2,1H3,(H,22,24)/t16-/m0/s1. The Kier molecular flexibility index (Phi) is 5.25. The lowest BCUT2D eigenvalue weighted by Crippen LogP contribution is -2.43. The molecule has 0 saturated carbocycles. The lowest BCUT2D eigenvalue weighted by Gasteiger charge is -2.24. The predicted molar refractivity (Wildman–Crippen MR) is 98.1 cm³/mol. The molecule has 2 aromatic rings. The highest BCUT2D eigenvalue weighted by molar-refractivity contribution is 6.36. The van der Waals surface area contributed by atoms with E-state index in [1.807, 2.05) is 13.0 Å². The summed E-state index contributed by atoms with van der Waals surface area (Å²) < 4.78 is 0. The molecule has 1 aromatic carbocycles. The second-order valence-electron chi connectivity index (χ2n) is 5.93. The van der Waals surface area contributed by atoms with Gasteiger partial charge in [-0.15, -0.1) is 0 Å². The summed E-state index contributed by atoms with van der Waals surface area (Å²) in [5.74, 6) is -0.494. The topological polar surface area (TPSA) is 62.3 Å². The molecule has 1 saturated heterocycles. The van der Waals surface area contributed by atoms with E-state index in [0.29, 0.717) is 34.4 Å². The Balaban J connectivity index is 1.76. The monoisotopic (exact) mass is 377 g/mol. The Morgan fingerprint density at radius 2 is 2.04 bits per heavy atom. The van der Waals surface area contributed by atoms with Gasteiger partial charge in [-0.05, 0) is 50.1 Å². The zero-order chi connectivity index (χ0) is 18.0. The van der Waals surface area contributed by atoms with Gasteiger partial charge in [0.2, 0.25) is 5.91 Å². The fraction of sp³-hybridized carbons (Fsp3) is 0.278. The van der Waals surface area contributed by atoms with Gasteiger partial charge < -0.3 is 10.2 Å². The number of carbonyl (C=O) groups excluding carboxylic acids is 2. The van der Waals surface area contributed by atoms with Crippen molar-refractivity contribution in [3.05, 3.63) is 57.8 Å². The quantitative estimate of drug-likeness (QED) is 0.880. The Bertz CT molecular complexity index is 826. The summed E-state index contributed by atoms with van der Waals surface area (Å²) in [6.45, 7) is 2.36. The molecule has 5 nitrogen and oxygen atoms in total. The van der Waals surface area contributed by atoms with E-state index in [9.17, 15) is 9.59 Å². The van der Waals surface area contributed by atoms with Crippen LogP contribution in [0.5, 0.6) is 0 Å². The molecule has 1 aliphatic rings. The van der Waals surface area contributed by atoms with Crippen molar-refractivity contribution in [1.82, 2.24) is 9.88 Å². The summed E-state index contributed by atoms with van der Waals surface area (Å²) in [7, 11) is 0. The molecule has 0 spiro atoms. The van der Waals surface area contributed by atoms with Crippen molar-refractivity contribution in [3.63, 3.8) is 0 Å². The van der Waals surface area contributed by atoms with Gasteiger partial charge in [-0.2, -0.15) is 0 Å². The Hall–Kier alpha value is -2.11. The summed E-state index contributed by atoms with van der Waals surface area (Å²) in [5, 5.41) is 3.63. The number of amides is 2. The predicted octanol–water partition coefficient (Wildman–Crippen LogP) is 3.94. The van der Waals surface area contributed by atoms with Crippen LogP contribution in [0.2, 0.25) is 10.0 Å². The fourth-order valence-corrected chi connectivity index (χ4v) is 3.35. The molecule has 1 fully saturated rings. The van der Waals surface area contributed by atoms with Crippen LogP contribution in [0, 0.1) is 6.92 Å². The lowest BCUT2D eigenvalue weighted by molar-refractivity contribution is -0.119. The number of rotatable bonds is 3. The van der Waals surface area contributed by atoms with E-state index in [1.54, 1.807) is 35.2 Å². The number of anilines is 1. The van der Waals surface area contributed by atoms with Crippen molar-refractivity contribution in [1.29, 1.82) is 0 Å². The van der Waals surface area contributed by atoms with Crippen LogP contribution < -0.4 is 5.32 Å². The third kappa shape index (κ3) is 3.94. The fourth-order valence-electron chi connectivity index (χ4n) is 2.90. The molecule has 1 aromatic heterocycles. The highest BCUT2D eigenvalue weighted by atomic mass is 35.5. The maximum Gasteiger partial charge on any atom is 0.273 e. The summed E-state index contributed by atoms with van der Waals surface area (Å²) in [4.78, 5) is 31.2. The summed E-state index contributed by atoms with van der Waals surface area (Å²) in [6.07, 6.45) is 1.37. The zero-order valence-corrected chi connectivity index (χ0v) is 15.1. The molecule has 1 aliphatic heterocycles. The highest BCUT2D eigenvalue weighted by Crippen LogP contribution is 2.27. The molecule has 2 amide bonds. The minimum atomic E-state index is -0.540. The first kappa shape index (κ1) is 17.7. The van der Waals surface area contributed by atoms with Crippen molar-refractivity contribution in [3.8, 4) is 0 Å². The molecule has 1 N–H and O–H groups in total. The molecule has 0 bridgehead atoms. The first-order chi connectivity index (χ1) is 12.0. The second-order valence-corrected chi connectivity index (χ2v) is 6.78. The second kappa shape index (κ2) is 7.42. The van der Waals surface area contributed by atoms with E-state index < -0.39 is 6.04 Å². The number of aryl methyl sites for hydroxylation is 1. The van der Waals surface area contributed by atoms with E-state index >= 15 is 0 Å². The molecule has 25 heavy (non-hydrogen) atoms. The number of pyridine rings is 1. The number of nitrogens with one attached hydrogen (secondary N) is 1. The van der Waals surface area contributed by atoms with Gasteiger partial charge in [0.15, 0.2) is 0 Å². The van der Waals surface area contributed by atoms with Gasteiger partial charge in [0, 0.05) is 17.3 Å². The van der Waals surface area contributed by atoms with Crippen molar-refractivity contribution < 1.29 is 9.59 Å². The van der Waals surface area contributed by atoms with E-state index in [2.05, 4.69) is 10.3 Å². The number of halogens is 2. The SMILES string of the molecule is Cc1cccc(C(=O)N2CCC[C@H]2C(=O)Nc2ccc(Cl)cc2Cl)n1. The van der Waals surface area contributed by atoms with Gasteiger partial charge in [-0.1, -0.05) is 29.3 Å². The number of carbonyl (C=O) groups is 2. The summed E-state index contributed by atoms with van der Waals surface area (Å²) in [5.41, 5.74) is 1.59. The van der Waals surface area contributed by atoms with Gasteiger partial charge in [0.05, 0.1) is 10.7 Å². The van der Waals surface area contributed by atoms with Crippen molar-refractivity contribution >= 4 is 40.7 Å². The van der Waals surface area contributed by atoms with Gasteiger partial charge in [-0.3, -0.25) is 9.59 Å². The smallest absolute Gasteiger partial charge is 0.273 e.